The Kier molecular flexibility index (Phi) is 5.09. The van der Waals surface area contributed by atoms with Crippen molar-refractivity contribution in [3.05, 3.63) is 65.2 Å². The standard InChI is InChI=1S/C19H18N2O5S/c1-21-18(23)15-8-7-14(11-16(15)19(21)24)20-17(22)9-10-27(25,26)12-13-5-3-2-4-6-13/h2-8,11H,9-10,12H2,1H3,(H,20,22). The van der Waals surface area contributed by atoms with Crippen molar-refractivity contribution in [3.8, 4) is 0 Å². The van der Waals surface area contributed by atoms with Crippen LogP contribution in [0.5, 0.6) is 0 Å². The number of benzene rings is 2. The molecule has 0 aliphatic carbocycles. The van der Waals surface area contributed by atoms with Crippen molar-refractivity contribution in [2.24, 2.45) is 0 Å². The molecule has 27 heavy (non-hydrogen) atoms. The summed E-state index contributed by atoms with van der Waals surface area (Å²) < 4.78 is 24.3. The molecule has 8 heteroatoms. The number of carbonyl (C=O) groups excluding carboxylic acids is 3. The van der Waals surface area contributed by atoms with Crippen molar-refractivity contribution in [2.45, 2.75) is 12.2 Å². The summed E-state index contributed by atoms with van der Waals surface area (Å²) in [5.41, 5.74) is 1.52. The van der Waals surface area contributed by atoms with Gasteiger partial charge in [-0.1, -0.05) is 30.3 Å². The van der Waals surface area contributed by atoms with E-state index in [1.807, 2.05) is 0 Å². The minimum atomic E-state index is -3.42. The second-order valence-electron chi connectivity index (χ2n) is 6.31. The van der Waals surface area contributed by atoms with Crippen LogP contribution < -0.4 is 5.32 Å². The van der Waals surface area contributed by atoms with Gasteiger partial charge in [-0.2, -0.15) is 0 Å². The topological polar surface area (TPSA) is 101 Å². The maximum atomic E-state index is 12.2. The SMILES string of the molecule is CN1C(=O)c2ccc(NC(=O)CCS(=O)(=O)Cc3ccccc3)cc2C1=O. The quantitative estimate of drug-likeness (QED) is 0.764. The lowest BCUT2D eigenvalue weighted by Gasteiger charge is -2.07. The van der Waals surface area contributed by atoms with Crippen LogP contribution in [-0.4, -0.2) is 43.8 Å². The number of hydrogen-bond donors (Lipinski definition) is 1. The number of sulfone groups is 1. The number of fused-ring (bicyclic) bond motifs is 1. The Bertz CT molecular complexity index is 1020. The summed E-state index contributed by atoms with van der Waals surface area (Å²) in [6.45, 7) is 0. The van der Waals surface area contributed by atoms with Gasteiger partial charge in [-0.25, -0.2) is 8.42 Å². The number of amides is 3. The highest BCUT2D eigenvalue weighted by molar-refractivity contribution is 7.90. The van der Waals surface area contributed by atoms with Crippen LogP contribution in [0.1, 0.15) is 32.7 Å². The van der Waals surface area contributed by atoms with E-state index in [1.165, 1.54) is 25.2 Å². The molecule has 0 atom stereocenters. The average Bonchev–Trinajstić information content (AvgIpc) is 2.85. The third kappa shape index (κ3) is 4.22. The summed E-state index contributed by atoms with van der Waals surface area (Å²) in [6, 6.07) is 13.2. The minimum absolute atomic E-state index is 0.122. The van der Waals surface area contributed by atoms with Gasteiger partial charge in [0.2, 0.25) is 5.91 Å². The Labute approximate surface area is 156 Å². The molecule has 1 aliphatic rings. The molecule has 0 radical (unpaired) electrons. The fraction of sp³-hybridized carbons (Fsp3) is 0.211. The summed E-state index contributed by atoms with van der Waals surface area (Å²) in [5, 5.41) is 2.57. The molecule has 3 rings (SSSR count). The van der Waals surface area contributed by atoms with Gasteiger partial charge < -0.3 is 5.32 Å². The average molecular weight is 386 g/mol. The summed E-state index contributed by atoms with van der Waals surface area (Å²) in [4.78, 5) is 36.9. The number of rotatable bonds is 6. The molecule has 140 valence electrons. The third-order valence-electron chi connectivity index (χ3n) is 4.24. The van der Waals surface area contributed by atoms with Crippen LogP contribution in [-0.2, 0) is 20.4 Å². The van der Waals surface area contributed by atoms with Crippen molar-refractivity contribution in [1.29, 1.82) is 0 Å². The van der Waals surface area contributed by atoms with E-state index in [-0.39, 0.29) is 35.0 Å². The van der Waals surface area contributed by atoms with Crippen molar-refractivity contribution in [3.63, 3.8) is 0 Å². The molecule has 0 spiro atoms. The van der Waals surface area contributed by atoms with Gasteiger partial charge in [0.05, 0.1) is 22.6 Å². The van der Waals surface area contributed by atoms with Gasteiger partial charge >= 0.3 is 0 Å². The zero-order valence-electron chi connectivity index (χ0n) is 14.6. The van der Waals surface area contributed by atoms with E-state index in [1.54, 1.807) is 30.3 Å². The monoisotopic (exact) mass is 386 g/mol. The summed E-state index contributed by atoms with van der Waals surface area (Å²) in [5.74, 6) is -1.70. The summed E-state index contributed by atoms with van der Waals surface area (Å²) >= 11 is 0. The lowest BCUT2D eigenvalue weighted by atomic mass is 10.1. The van der Waals surface area contributed by atoms with E-state index >= 15 is 0 Å². The van der Waals surface area contributed by atoms with Crippen LogP contribution in [0.15, 0.2) is 48.5 Å². The second-order valence-corrected chi connectivity index (χ2v) is 8.49. The number of nitrogens with one attached hydrogen (secondary N) is 1. The molecule has 0 saturated heterocycles. The fourth-order valence-corrected chi connectivity index (χ4v) is 4.15. The molecule has 0 bridgehead atoms. The van der Waals surface area contributed by atoms with Crippen LogP contribution in [0.3, 0.4) is 0 Å². The highest BCUT2D eigenvalue weighted by Crippen LogP contribution is 2.24. The van der Waals surface area contributed by atoms with Gasteiger partial charge in [0.15, 0.2) is 9.84 Å². The first-order valence-corrected chi connectivity index (χ1v) is 10.1. The molecule has 0 unspecified atom stereocenters. The Morgan fingerprint density at radius 1 is 1.00 bits per heavy atom. The lowest BCUT2D eigenvalue weighted by molar-refractivity contribution is -0.115. The maximum absolute atomic E-state index is 12.2. The van der Waals surface area contributed by atoms with Gasteiger partial charge in [-0.05, 0) is 23.8 Å². The van der Waals surface area contributed by atoms with Crippen LogP contribution in [0.4, 0.5) is 5.69 Å². The van der Waals surface area contributed by atoms with E-state index in [4.69, 9.17) is 0 Å². The van der Waals surface area contributed by atoms with Crippen LogP contribution in [0.25, 0.3) is 0 Å². The Hall–Kier alpha value is -3.00. The van der Waals surface area contributed by atoms with E-state index in [9.17, 15) is 22.8 Å². The predicted octanol–water partition coefficient (Wildman–Crippen LogP) is 1.86. The van der Waals surface area contributed by atoms with Crippen LogP contribution in [0.2, 0.25) is 0 Å². The molecule has 1 aliphatic heterocycles. The summed E-state index contributed by atoms with van der Waals surface area (Å²) in [6.07, 6.45) is -0.195. The van der Waals surface area contributed by atoms with E-state index < -0.39 is 21.7 Å². The van der Waals surface area contributed by atoms with Gasteiger partial charge in [0, 0.05) is 19.2 Å². The Balaban J connectivity index is 1.60. The first kappa shape index (κ1) is 18.8. The molecule has 1 heterocycles. The largest absolute Gasteiger partial charge is 0.326 e. The van der Waals surface area contributed by atoms with Crippen LogP contribution >= 0.6 is 0 Å². The van der Waals surface area contributed by atoms with Crippen molar-refractivity contribution >= 4 is 33.2 Å². The van der Waals surface area contributed by atoms with Crippen molar-refractivity contribution in [2.75, 3.05) is 18.1 Å². The zero-order valence-corrected chi connectivity index (χ0v) is 15.5. The van der Waals surface area contributed by atoms with Crippen LogP contribution in [0, 0.1) is 0 Å². The number of anilines is 1. The maximum Gasteiger partial charge on any atom is 0.261 e. The van der Waals surface area contributed by atoms with Gasteiger partial charge in [-0.3, -0.25) is 19.3 Å². The molecular weight excluding hydrogens is 368 g/mol. The number of hydrogen-bond acceptors (Lipinski definition) is 5. The molecule has 0 fully saturated rings. The smallest absolute Gasteiger partial charge is 0.261 e. The van der Waals surface area contributed by atoms with E-state index in [0.29, 0.717) is 11.3 Å². The molecule has 2 aromatic carbocycles. The first-order valence-electron chi connectivity index (χ1n) is 8.27. The Morgan fingerprint density at radius 2 is 1.67 bits per heavy atom. The van der Waals surface area contributed by atoms with Gasteiger partial charge in [-0.15, -0.1) is 0 Å². The molecule has 3 amide bonds. The zero-order chi connectivity index (χ0) is 19.6. The molecule has 0 aromatic heterocycles. The lowest BCUT2D eigenvalue weighted by Crippen LogP contribution is -2.24. The number of imide groups is 1. The molecule has 2 aromatic rings. The van der Waals surface area contributed by atoms with E-state index in [0.717, 1.165) is 4.90 Å². The third-order valence-corrected chi connectivity index (χ3v) is 5.84. The van der Waals surface area contributed by atoms with Crippen molar-refractivity contribution < 1.29 is 22.8 Å². The first-order chi connectivity index (χ1) is 12.8. The number of carbonyl (C=O) groups is 3. The molecule has 1 N–H and O–H groups in total. The second kappa shape index (κ2) is 7.32. The highest BCUT2D eigenvalue weighted by atomic mass is 32.2. The normalized spacial score (nSPS) is 13.6. The minimum Gasteiger partial charge on any atom is -0.326 e. The number of nitrogens with zero attached hydrogens (tertiary/aromatic N) is 1. The predicted molar refractivity (Wildman–Crippen MR) is 100 cm³/mol. The molecule has 0 saturated carbocycles. The van der Waals surface area contributed by atoms with Crippen molar-refractivity contribution in [1.82, 2.24) is 4.90 Å². The highest BCUT2D eigenvalue weighted by Gasteiger charge is 2.32. The molecule has 7 nitrogen and oxygen atoms in total. The Morgan fingerprint density at radius 3 is 2.37 bits per heavy atom. The molecular formula is C19H18N2O5S. The van der Waals surface area contributed by atoms with Gasteiger partial charge in [0.25, 0.3) is 11.8 Å². The fourth-order valence-electron chi connectivity index (χ4n) is 2.81. The van der Waals surface area contributed by atoms with E-state index in [2.05, 4.69) is 5.32 Å². The van der Waals surface area contributed by atoms with Gasteiger partial charge in [0.1, 0.15) is 0 Å². The summed E-state index contributed by atoms with van der Waals surface area (Å²) in [7, 11) is -2.03.